The number of hydrogen-bond donors (Lipinski definition) is 2. The summed E-state index contributed by atoms with van der Waals surface area (Å²) in [6.07, 6.45) is -0.910. The number of halogens is 2. The largest absolute Gasteiger partial charge is 0.484 e. The fraction of sp³-hybridized carbons (Fsp3) is 0.368. The molecule has 1 heterocycles. The number of rotatable bonds is 7. The maximum atomic E-state index is 13.0. The van der Waals surface area contributed by atoms with Gasteiger partial charge in [0.1, 0.15) is 41.3 Å². The van der Waals surface area contributed by atoms with Gasteiger partial charge in [0, 0.05) is 6.42 Å². The Hall–Kier alpha value is -2.74. The van der Waals surface area contributed by atoms with E-state index in [1.807, 2.05) is 0 Å². The van der Waals surface area contributed by atoms with Crippen molar-refractivity contribution in [3.8, 4) is 5.75 Å². The molecule has 1 aromatic carbocycles. The van der Waals surface area contributed by atoms with Crippen molar-refractivity contribution in [3.05, 3.63) is 52.7 Å². The summed E-state index contributed by atoms with van der Waals surface area (Å²) in [4.78, 5) is 23.2. The lowest BCUT2D eigenvalue weighted by atomic mass is 10.1. The van der Waals surface area contributed by atoms with Crippen LogP contribution in [0.25, 0.3) is 0 Å². The van der Waals surface area contributed by atoms with Crippen LogP contribution in [0.1, 0.15) is 32.3 Å². The molecular formula is C19H21ClFNO6. The van der Waals surface area contributed by atoms with E-state index >= 15 is 0 Å². The highest BCUT2D eigenvalue weighted by Crippen LogP contribution is 2.26. The van der Waals surface area contributed by atoms with Crippen LogP contribution >= 0.6 is 11.6 Å². The summed E-state index contributed by atoms with van der Waals surface area (Å²) >= 11 is 5.89. The fourth-order valence-electron chi connectivity index (χ4n) is 2.20. The fourth-order valence-corrected chi connectivity index (χ4v) is 2.42. The van der Waals surface area contributed by atoms with Crippen LogP contribution in [0.2, 0.25) is 5.02 Å². The molecule has 2 N–H and O–H groups in total. The van der Waals surface area contributed by atoms with Gasteiger partial charge in [-0.2, -0.15) is 0 Å². The Morgan fingerprint density at radius 1 is 1.25 bits per heavy atom. The van der Waals surface area contributed by atoms with Gasteiger partial charge in [0.2, 0.25) is 0 Å². The maximum Gasteiger partial charge on any atom is 0.408 e. The highest BCUT2D eigenvalue weighted by atomic mass is 35.5. The van der Waals surface area contributed by atoms with Crippen LogP contribution in [0, 0.1) is 5.82 Å². The number of carboxylic acid groups (broad SMARTS) is 1. The first-order chi connectivity index (χ1) is 13.0. The molecule has 1 aromatic heterocycles. The van der Waals surface area contributed by atoms with Crippen LogP contribution in [-0.2, 0) is 22.6 Å². The van der Waals surface area contributed by atoms with Crippen LogP contribution in [0.3, 0.4) is 0 Å². The second-order valence-corrected chi connectivity index (χ2v) is 7.38. The van der Waals surface area contributed by atoms with Crippen LogP contribution in [0.15, 0.2) is 34.7 Å². The molecule has 0 saturated carbocycles. The molecule has 1 amide bonds. The lowest BCUT2D eigenvalue weighted by Gasteiger charge is -2.21. The standard InChI is InChI=1S/C19H21ClFNO6/c1-19(2,3)28-18(25)22-15(17(23)24)9-12-5-6-13(27-12)10-26-16-7-4-11(21)8-14(16)20/h4-8,15H,9-10H2,1-3H3,(H,22,25)(H,23,24). The zero-order chi connectivity index (χ0) is 20.9. The van der Waals surface area contributed by atoms with Crippen LogP contribution in [-0.4, -0.2) is 28.8 Å². The molecule has 0 spiro atoms. The van der Waals surface area contributed by atoms with Gasteiger partial charge in [-0.15, -0.1) is 0 Å². The van der Waals surface area contributed by atoms with Gasteiger partial charge in [-0.05, 0) is 51.1 Å². The SMILES string of the molecule is CC(C)(C)OC(=O)NC(Cc1ccc(COc2ccc(F)cc2Cl)o1)C(=O)O. The van der Waals surface area contributed by atoms with E-state index in [0.29, 0.717) is 11.5 Å². The third-order valence-corrected chi connectivity index (χ3v) is 3.67. The third-order valence-electron chi connectivity index (χ3n) is 3.38. The predicted molar refractivity (Wildman–Crippen MR) is 98.9 cm³/mol. The van der Waals surface area contributed by atoms with Crippen molar-refractivity contribution in [2.75, 3.05) is 0 Å². The first-order valence-corrected chi connectivity index (χ1v) is 8.79. The number of ether oxygens (including phenoxy) is 2. The number of amides is 1. The monoisotopic (exact) mass is 413 g/mol. The van der Waals surface area contributed by atoms with Gasteiger partial charge in [0.05, 0.1) is 5.02 Å². The average Bonchev–Trinajstić information content (AvgIpc) is 2.99. The minimum Gasteiger partial charge on any atom is -0.484 e. The Morgan fingerprint density at radius 2 is 1.93 bits per heavy atom. The summed E-state index contributed by atoms with van der Waals surface area (Å²) in [5.41, 5.74) is -0.746. The van der Waals surface area contributed by atoms with E-state index in [1.54, 1.807) is 32.9 Å². The number of carbonyl (C=O) groups is 2. The number of benzene rings is 1. The molecule has 1 atom stereocenters. The zero-order valence-electron chi connectivity index (χ0n) is 15.6. The van der Waals surface area contributed by atoms with Gasteiger partial charge in [-0.25, -0.2) is 14.0 Å². The molecular weight excluding hydrogens is 393 g/mol. The zero-order valence-corrected chi connectivity index (χ0v) is 16.4. The Bertz CT molecular complexity index is 845. The Morgan fingerprint density at radius 3 is 2.54 bits per heavy atom. The van der Waals surface area contributed by atoms with Gasteiger partial charge in [-0.3, -0.25) is 0 Å². The summed E-state index contributed by atoms with van der Waals surface area (Å²) in [5.74, 6) is -0.659. The van der Waals surface area contributed by atoms with Gasteiger partial charge in [0.25, 0.3) is 0 Å². The predicted octanol–water partition coefficient (Wildman–Crippen LogP) is 4.17. The number of alkyl carbamates (subject to hydrolysis) is 1. The van der Waals surface area contributed by atoms with Gasteiger partial charge < -0.3 is 24.3 Å². The summed E-state index contributed by atoms with van der Waals surface area (Å²) in [7, 11) is 0. The first-order valence-electron chi connectivity index (χ1n) is 8.41. The normalized spacial score (nSPS) is 12.3. The van der Waals surface area contributed by atoms with Crippen molar-refractivity contribution < 1.29 is 33.0 Å². The van der Waals surface area contributed by atoms with E-state index < -0.39 is 29.5 Å². The molecule has 1 unspecified atom stereocenters. The van der Waals surface area contributed by atoms with Crippen molar-refractivity contribution in [3.63, 3.8) is 0 Å². The highest BCUT2D eigenvalue weighted by Gasteiger charge is 2.25. The summed E-state index contributed by atoms with van der Waals surface area (Å²) in [6.45, 7) is 5.04. The lowest BCUT2D eigenvalue weighted by Crippen LogP contribution is -2.44. The van der Waals surface area contributed by atoms with Crippen LogP contribution in [0.5, 0.6) is 5.75 Å². The number of carbonyl (C=O) groups excluding carboxylic acids is 1. The number of carboxylic acids is 1. The van der Waals surface area contributed by atoms with Gasteiger partial charge in [0.15, 0.2) is 0 Å². The number of aliphatic carboxylic acids is 1. The molecule has 0 aliphatic heterocycles. The molecule has 9 heteroatoms. The summed E-state index contributed by atoms with van der Waals surface area (Å²) in [5, 5.41) is 11.7. The molecule has 0 radical (unpaired) electrons. The van der Waals surface area contributed by atoms with Crippen molar-refractivity contribution in [1.29, 1.82) is 0 Å². The van der Waals surface area contributed by atoms with Crippen LogP contribution in [0.4, 0.5) is 9.18 Å². The summed E-state index contributed by atoms with van der Waals surface area (Å²) < 4.78 is 29.1. The molecule has 28 heavy (non-hydrogen) atoms. The molecule has 7 nitrogen and oxygen atoms in total. The number of furan rings is 1. The molecule has 0 aliphatic carbocycles. The molecule has 0 fully saturated rings. The first kappa shape index (κ1) is 21.6. The Kier molecular flexibility index (Phi) is 6.90. The minimum absolute atomic E-state index is 0.0165. The maximum absolute atomic E-state index is 13.0. The van der Waals surface area contributed by atoms with E-state index in [4.69, 9.17) is 25.5 Å². The molecule has 2 aromatic rings. The molecule has 0 saturated heterocycles. The van der Waals surface area contributed by atoms with E-state index in [9.17, 15) is 19.1 Å². The number of hydrogen-bond acceptors (Lipinski definition) is 5. The van der Waals surface area contributed by atoms with E-state index in [-0.39, 0.29) is 23.8 Å². The number of nitrogens with one attached hydrogen (secondary N) is 1. The highest BCUT2D eigenvalue weighted by molar-refractivity contribution is 6.32. The third kappa shape index (κ3) is 6.77. The van der Waals surface area contributed by atoms with E-state index in [0.717, 1.165) is 6.07 Å². The van der Waals surface area contributed by atoms with Crippen LogP contribution < -0.4 is 10.1 Å². The van der Waals surface area contributed by atoms with E-state index in [2.05, 4.69) is 5.32 Å². The molecule has 0 aliphatic rings. The minimum atomic E-state index is -1.22. The van der Waals surface area contributed by atoms with Crippen molar-refractivity contribution in [2.45, 2.75) is 45.4 Å². The quantitative estimate of drug-likeness (QED) is 0.706. The van der Waals surface area contributed by atoms with Crippen molar-refractivity contribution >= 4 is 23.7 Å². The lowest BCUT2D eigenvalue weighted by molar-refractivity contribution is -0.139. The average molecular weight is 414 g/mol. The smallest absolute Gasteiger partial charge is 0.408 e. The van der Waals surface area contributed by atoms with Crippen molar-refractivity contribution in [1.82, 2.24) is 5.32 Å². The van der Waals surface area contributed by atoms with Crippen molar-refractivity contribution in [2.24, 2.45) is 0 Å². The topological polar surface area (TPSA) is 98.0 Å². The molecule has 2 rings (SSSR count). The molecule has 152 valence electrons. The Labute approximate surface area is 166 Å². The van der Waals surface area contributed by atoms with Gasteiger partial charge >= 0.3 is 12.1 Å². The summed E-state index contributed by atoms with van der Waals surface area (Å²) in [6, 6.07) is 5.71. The Balaban J connectivity index is 1.95. The second-order valence-electron chi connectivity index (χ2n) is 6.97. The van der Waals surface area contributed by atoms with Gasteiger partial charge in [-0.1, -0.05) is 11.6 Å². The molecule has 0 bridgehead atoms. The second kappa shape index (κ2) is 8.97. The van der Waals surface area contributed by atoms with E-state index in [1.165, 1.54) is 12.1 Å².